The van der Waals surface area contributed by atoms with Gasteiger partial charge in [-0.2, -0.15) is 0 Å². The lowest BCUT2D eigenvalue weighted by Gasteiger charge is -2.10. The molecule has 0 saturated carbocycles. The molecule has 0 bridgehead atoms. The van der Waals surface area contributed by atoms with Crippen LogP contribution in [0.3, 0.4) is 0 Å². The quantitative estimate of drug-likeness (QED) is 0.314. The fourth-order valence-electron chi connectivity index (χ4n) is 3.84. The lowest BCUT2D eigenvalue weighted by Crippen LogP contribution is -1.95. The molecule has 0 aliphatic rings. The summed E-state index contributed by atoms with van der Waals surface area (Å²) < 4.78 is 0. The summed E-state index contributed by atoms with van der Waals surface area (Å²) in [7, 11) is 0. The van der Waals surface area contributed by atoms with Gasteiger partial charge in [-0.3, -0.25) is 0 Å². The molecule has 1 heterocycles. The van der Waals surface area contributed by atoms with E-state index >= 15 is 0 Å². The molecule has 0 unspecified atom stereocenters. The standard InChI is InChI=1S/C29H22N2/c1-21-30-28(26-16-8-14-24(18-26)22-10-4-2-5-11-22)20-29(31-21)27-17-9-15-25(19-27)23-12-6-3-7-13-23/h2-20H,1H3. The molecule has 0 aliphatic carbocycles. The molecule has 2 heteroatoms. The third kappa shape index (κ3) is 4.15. The van der Waals surface area contributed by atoms with Gasteiger partial charge in [0.2, 0.25) is 0 Å². The smallest absolute Gasteiger partial charge is 0.126 e. The van der Waals surface area contributed by atoms with E-state index in [9.17, 15) is 0 Å². The fourth-order valence-corrected chi connectivity index (χ4v) is 3.84. The molecule has 4 aromatic carbocycles. The Morgan fingerprint density at radius 2 is 0.774 bits per heavy atom. The zero-order chi connectivity index (χ0) is 21.0. The molecular formula is C29H22N2. The van der Waals surface area contributed by atoms with Crippen molar-refractivity contribution < 1.29 is 0 Å². The second kappa shape index (κ2) is 8.37. The van der Waals surface area contributed by atoms with E-state index in [1.54, 1.807) is 0 Å². The highest BCUT2D eigenvalue weighted by atomic mass is 14.9. The van der Waals surface area contributed by atoms with Crippen molar-refractivity contribution in [3.63, 3.8) is 0 Å². The third-order valence-electron chi connectivity index (χ3n) is 5.37. The van der Waals surface area contributed by atoms with Crippen molar-refractivity contribution in [1.29, 1.82) is 0 Å². The first-order valence-corrected chi connectivity index (χ1v) is 10.4. The first-order valence-electron chi connectivity index (χ1n) is 10.4. The number of hydrogen-bond donors (Lipinski definition) is 0. The van der Waals surface area contributed by atoms with Crippen molar-refractivity contribution in [2.45, 2.75) is 6.92 Å². The third-order valence-corrected chi connectivity index (χ3v) is 5.37. The lowest BCUT2D eigenvalue weighted by molar-refractivity contribution is 1.06. The van der Waals surface area contributed by atoms with Crippen LogP contribution in [0.25, 0.3) is 44.8 Å². The zero-order valence-electron chi connectivity index (χ0n) is 17.4. The Hall–Kier alpha value is -4.04. The second-order valence-electron chi connectivity index (χ2n) is 7.58. The van der Waals surface area contributed by atoms with Gasteiger partial charge in [-0.15, -0.1) is 0 Å². The molecule has 0 atom stereocenters. The Morgan fingerprint density at radius 3 is 1.23 bits per heavy atom. The zero-order valence-corrected chi connectivity index (χ0v) is 17.4. The molecule has 0 radical (unpaired) electrons. The molecular weight excluding hydrogens is 376 g/mol. The minimum atomic E-state index is 0.766. The summed E-state index contributed by atoms with van der Waals surface area (Å²) in [6.45, 7) is 1.95. The number of benzene rings is 4. The van der Waals surface area contributed by atoms with Crippen LogP contribution in [0, 0.1) is 6.92 Å². The van der Waals surface area contributed by atoms with Crippen LogP contribution in [0.2, 0.25) is 0 Å². The average Bonchev–Trinajstić information content (AvgIpc) is 2.85. The normalized spacial score (nSPS) is 10.7. The van der Waals surface area contributed by atoms with Crippen LogP contribution < -0.4 is 0 Å². The summed E-state index contributed by atoms with van der Waals surface area (Å²) in [5.74, 6) is 0.766. The summed E-state index contributed by atoms with van der Waals surface area (Å²) >= 11 is 0. The molecule has 1 aromatic heterocycles. The van der Waals surface area contributed by atoms with Crippen molar-refractivity contribution >= 4 is 0 Å². The van der Waals surface area contributed by atoms with Gasteiger partial charge < -0.3 is 0 Å². The predicted molar refractivity (Wildman–Crippen MR) is 129 cm³/mol. The Bertz CT molecular complexity index is 1220. The van der Waals surface area contributed by atoms with Gasteiger partial charge in [0.25, 0.3) is 0 Å². The van der Waals surface area contributed by atoms with E-state index in [4.69, 9.17) is 9.97 Å². The van der Waals surface area contributed by atoms with Crippen molar-refractivity contribution in [1.82, 2.24) is 9.97 Å². The number of aromatic nitrogens is 2. The Labute approximate surface area is 182 Å². The van der Waals surface area contributed by atoms with Gasteiger partial charge in [0.15, 0.2) is 0 Å². The van der Waals surface area contributed by atoms with Crippen molar-refractivity contribution in [3.8, 4) is 44.8 Å². The number of nitrogens with zero attached hydrogens (tertiary/aromatic N) is 2. The summed E-state index contributed by atoms with van der Waals surface area (Å²) in [4.78, 5) is 9.47. The van der Waals surface area contributed by atoms with Gasteiger partial charge in [0.05, 0.1) is 11.4 Å². The highest BCUT2D eigenvalue weighted by molar-refractivity contribution is 5.76. The maximum Gasteiger partial charge on any atom is 0.126 e. The fraction of sp³-hybridized carbons (Fsp3) is 0.0345. The van der Waals surface area contributed by atoms with Crippen molar-refractivity contribution in [2.75, 3.05) is 0 Å². The van der Waals surface area contributed by atoms with E-state index in [0.29, 0.717) is 0 Å². The Kier molecular flexibility index (Phi) is 5.12. The van der Waals surface area contributed by atoms with Crippen LogP contribution >= 0.6 is 0 Å². The maximum absolute atomic E-state index is 4.73. The van der Waals surface area contributed by atoms with Crippen molar-refractivity contribution in [2.24, 2.45) is 0 Å². The molecule has 0 N–H and O–H groups in total. The largest absolute Gasteiger partial charge is 0.233 e. The number of rotatable bonds is 4. The molecule has 31 heavy (non-hydrogen) atoms. The summed E-state index contributed by atoms with van der Waals surface area (Å²) in [5.41, 5.74) is 8.82. The van der Waals surface area contributed by atoms with Crippen LogP contribution in [0.15, 0.2) is 115 Å². The van der Waals surface area contributed by atoms with E-state index in [1.807, 2.05) is 19.1 Å². The minimum Gasteiger partial charge on any atom is -0.233 e. The summed E-state index contributed by atoms with van der Waals surface area (Å²) in [5, 5.41) is 0. The van der Waals surface area contributed by atoms with Crippen LogP contribution in [-0.2, 0) is 0 Å². The van der Waals surface area contributed by atoms with Gasteiger partial charge in [-0.25, -0.2) is 9.97 Å². The summed E-state index contributed by atoms with van der Waals surface area (Å²) in [6, 6.07) is 40.0. The first-order chi connectivity index (χ1) is 15.3. The van der Waals surface area contributed by atoms with E-state index < -0.39 is 0 Å². The van der Waals surface area contributed by atoms with Crippen molar-refractivity contribution in [3.05, 3.63) is 121 Å². The average molecular weight is 399 g/mol. The molecule has 0 saturated heterocycles. The monoisotopic (exact) mass is 398 g/mol. The first kappa shape index (κ1) is 19.0. The SMILES string of the molecule is Cc1nc(-c2cccc(-c3ccccc3)c2)cc(-c2cccc(-c3ccccc3)c2)n1. The lowest BCUT2D eigenvalue weighted by atomic mass is 9.99. The highest BCUT2D eigenvalue weighted by Gasteiger charge is 2.09. The molecule has 5 rings (SSSR count). The van der Waals surface area contributed by atoms with Crippen LogP contribution in [0.4, 0.5) is 0 Å². The van der Waals surface area contributed by atoms with Gasteiger partial charge in [0, 0.05) is 11.1 Å². The molecule has 5 aromatic rings. The Morgan fingerprint density at radius 1 is 0.387 bits per heavy atom. The highest BCUT2D eigenvalue weighted by Crippen LogP contribution is 2.29. The molecule has 0 spiro atoms. The number of aryl methyl sites for hydroxylation is 1. The van der Waals surface area contributed by atoms with Crippen LogP contribution in [0.5, 0.6) is 0 Å². The molecule has 0 amide bonds. The second-order valence-corrected chi connectivity index (χ2v) is 7.58. The maximum atomic E-state index is 4.73. The van der Waals surface area contributed by atoms with Gasteiger partial charge >= 0.3 is 0 Å². The van der Waals surface area contributed by atoms with E-state index in [1.165, 1.54) is 22.3 Å². The van der Waals surface area contributed by atoms with E-state index in [0.717, 1.165) is 28.3 Å². The van der Waals surface area contributed by atoms with Crippen LogP contribution in [-0.4, -0.2) is 9.97 Å². The summed E-state index contributed by atoms with van der Waals surface area (Å²) in [6.07, 6.45) is 0. The Balaban J connectivity index is 1.56. The molecule has 148 valence electrons. The molecule has 2 nitrogen and oxygen atoms in total. The molecule has 0 aliphatic heterocycles. The van der Waals surface area contributed by atoms with Gasteiger partial charge in [-0.05, 0) is 47.4 Å². The predicted octanol–water partition coefficient (Wildman–Crippen LogP) is 7.45. The number of hydrogen-bond acceptors (Lipinski definition) is 2. The van der Waals surface area contributed by atoms with Gasteiger partial charge in [0.1, 0.15) is 5.82 Å². The molecule has 0 fully saturated rings. The topological polar surface area (TPSA) is 25.8 Å². The van der Waals surface area contributed by atoms with Gasteiger partial charge in [-0.1, -0.05) is 97.1 Å². The van der Waals surface area contributed by atoms with E-state index in [-0.39, 0.29) is 0 Å². The minimum absolute atomic E-state index is 0.766. The van der Waals surface area contributed by atoms with Crippen LogP contribution in [0.1, 0.15) is 5.82 Å². The van der Waals surface area contributed by atoms with E-state index in [2.05, 4.69) is 103 Å².